The Hall–Kier alpha value is -1.93. The fraction of sp³-hybridized carbons (Fsp3) is 0.556. The molecule has 1 aliphatic heterocycles. The van der Waals surface area contributed by atoms with Crippen LogP contribution in [0, 0.1) is 0 Å². The lowest BCUT2D eigenvalue weighted by atomic mass is 10.1. The van der Waals surface area contributed by atoms with Gasteiger partial charge in [-0.1, -0.05) is 13.3 Å². The predicted octanol–water partition coefficient (Wildman–Crippen LogP) is 2.19. The standard InChI is InChI=1S/C18H26N2O5S/c1-3-14(2)20(13-17(21)22)18(23)15-7-9-16(10-8-15)26(24,25)19-11-5-4-6-12-19/h7-10,14H,3-6,11-13H2,1-2H3,(H,21,22). The largest absolute Gasteiger partial charge is 0.480 e. The molecule has 1 saturated heterocycles. The second-order valence-corrected chi connectivity index (χ2v) is 8.51. The second-order valence-electron chi connectivity index (χ2n) is 6.57. The van der Waals surface area contributed by atoms with E-state index in [1.54, 1.807) is 6.92 Å². The molecule has 0 aliphatic carbocycles. The van der Waals surface area contributed by atoms with Gasteiger partial charge in [0.15, 0.2) is 0 Å². The summed E-state index contributed by atoms with van der Waals surface area (Å²) in [7, 11) is -3.55. The van der Waals surface area contributed by atoms with E-state index in [1.165, 1.54) is 33.5 Å². The maximum atomic E-state index is 12.7. The van der Waals surface area contributed by atoms with Crippen molar-refractivity contribution in [2.75, 3.05) is 19.6 Å². The van der Waals surface area contributed by atoms with Crippen molar-refractivity contribution in [3.8, 4) is 0 Å². The topological polar surface area (TPSA) is 95.0 Å². The molecule has 1 atom stereocenters. The maximum Gasteiger partial charge on any atom is 0.323 e. The number of hydrogen-bond donors (Lipinski definition) is 1. The molecule has 26 heavy (non-hydrogen) atoms. The van der Waals surface area contributed by atoms with Gasteiger partial charge >= 0.3 is 5.97 Å². The highest BCUT2D eigenvalue weighted by molar-refractivity contribution is 7.89. The summed E-state index contributed by atoms with van der Waals surface area (Å²) in [6.07, 6.45) is 3.37. The number of carboxylic acids is 1. The molecule has 0 spiro atoms. The number of rotatable bonds is 7. The summed E-state index contributed by atoms with van der Waals surface area (Å²) < 4.78 is 26.8. The molecule has 8 heteroatoms. The van der Waals surface area contributed by atoms with E-state index >= 15 is 0 Å². The number of nitrogens with zero attached hydrogens (tertiary/aromatic N) is 2. The van der Waals surface area contributed by atoms with Crippen LogP contribution in [0.2, 0.25) is 0 Å². The number of carboxylic acid groups (broad SMARTS) is 1. The summed E-state index contributed by atoms with van der Waals surface area (Å²) in [6, 6.07) is 5.53. The zero-order valence-electron chi connectivity index (χ0n) is 15.2. The molecule has 1 aliphatic rings. The first-order valence-corrected chi connectivity index (χ1v) is 10.3. The Morgan fingerprint density at radius 3 is 2.23 bits per heavy atom. The van der Waals surface area contributed by atoms with Crippen LogP contribution >= 0.6 is 0 Å². The van der Waals surface area contributed by atoms with Gasteiger partial charge in [-0.25, -0.2) is 8.42 Å². The molecule has 1 heterocycles. The number of carbonyl (C=O) groups excluding carboxylic acids is 1. The Kier molecular flexibility index (Phi) is 6.77. The van der Waals surface area contributed by atoms with E-state index in [-0.39, 0.29) is 23.0 Å². The van der Waals surface area contributed by atoms with E-state index in [2.05, 4.69) is 0 Å². The first kappa shape index (κ1) is 20.4. The summed E-state index contributed by atoms with van der Waals surface area (Å²) in [6.45, 7) is 4.31. The fourth-order valence-corrected chi connectivity index (χ4v) is 4.50. The van der Waals surface area contributed by atoms with Crippen molar-refractivity contribution in [3.05, 3.63) is 29.8 Å². The number of carbonyl (C=O) groups is 2. The van der Waals surface area contributed by atoms with Crippen LogP contribution < -0.4 is 0 Å². The lowest BCUT2D eigenvalue weighted by molar-refractivity contribution is -0.138. The average Bonchev–Trinajstić information content (AvgIpc) is 2.65. The number of hydrogen-bond acceptors (Lipinski definition) is 4. The number of amides is 1. The number of benzene rings is 1. The molecular weight excluding hydrogens is 356 g/mol. The third-order valence-electron chi connectivity index (χ3n) is 4.74. The summed E-state index contributed by atoms with van der Waals surface area (Å²) >= 11 is 0. The fourth-order valence-electron chi connectivity index (χ4n) is 2.98. The Balaban J connectivity index is 2.21. The van der Waals surface area contributed by atoms with Crippen molar-refractivity contribution in [1.29, 1.82) is 0 Å². The van der Waals surface area contributed by atoms with Crippen LogP contribution in [-0.2, 0) is 14.8 Å². The predicted molar refractivity (Wildman–Crippen MR) is 97.5 cm³/mol. The van der Waals surface area contributed by atoms with Crippen molar-refractivity contribution in [2.45, 2.75) is 50.5 Å². The van der Waals surface area contributed by atoms with Gasteiger partial charge in [0.1, 0.15) is 6.54 Å². The molecule has 1 unspecified atom stereocenters. The molecule has 7 nitrogen and oxygen atoms in total. The molecule has 0 saturated carbocycles. The quantitative estimate of drug-likeness (QED) is 0.780. The van der Waals surface area contributed by atoms with Crippen molar-refractivity contribution in [1.82, 2.24) is 9.21 Å². The van der Waals surface area contributed by atoms with Crippen LogP contribution in [0.1, 0.15) is 49.9 Å². The third-order valence-corrected chi connectivity index (χ3v) is 6.66. The summed E-state index contributed by atoms with van der Waals surface area (Å²) in [5.74, 6) is -1.49. The molecule has 2 rings (SSSR count). The molecule has 0 aromatic heterocycles. The zero-order valence-corrected chi connectivity index (χ0v) is 16.0. The smallest absolute Gasteiger partial charge is 0.323 e. The molecular formula is C18H26N2O5S. The van der Waals surface area contributed by atoms with Gasteiger partial charge in [-0.2, -0.15) is 4.31 Å². The number of piperidine rings is 1. The minimum Gasteiger partial charge on any atom is -0.480 e. The normalized spacial score (nSPS) is 16.8. The van der Waals surface area contributed by atoms with Gasteiger partial charge in [-0.15, -0.1) is 0 Å². The van der Waals surface area contributed by atoms with E-state index in [1.807, 2.05) is 6.92 Å². The molecule has 0 bridgehead atoms. The average molecular weight is 382 g/mol. The van der Waals surface area contributed by atoms with Crippen molar-refractivity contribution < 1.29 is 23.1 Å². The summed E-state index contributed by atoms with van der Waals surface area (Å²) in [5, 5.41) is 9.04. The molecule has 144 valence electrons. The van der Waals surface area contributed by atoms with Crippen molar-refractivity contribution in [2.24, 2.45) is 0 Å². The van der Waals surface area contributed by atoms with E-state index in [9.17, 15) is 18.0 Å². The van der Waals surface area contributed by atoms with Crippen molar-refractivity contribution in [3.63, 3.8) is 0 Å². The Morgan fingerprint density at radius 1 is 1.15 bits per heavy atom. The van der Waals surface area contributed by atoms with Gasteiger partial charge < -0.3 is 10.0 Å². The Labute approximate surface area is 154 Å². The van der Waals surface area contributed by atoms with Crippen LogP contribution in [0.3, 0.4) is 0 Å². The molecule has 1 N–H and O–H groups in total. The van der Waals surface area contributed by atoms with Gasteiger partial charge in [-0.05, 0) is 50.5 Å². The highest BCUT2D eigenvalue weighted by atomic mass is 32.2. The van der Waals surface area contributed by atoms with Gasteiger partial charge in [0.25, 0.3) is 5.91 Å². The Morgan fingerprint density at radius 2 is 1.73 bits per heavy atom. The van der Waals surface area contributed by atoms with Gasteiger partial charge in [0.2, 0.25) is 10.0 Å². The lowest BCUT2D eigenvalue weighted by Gasteiger charge is -2.27. The SMILES string of the molecule is CCC(C)N(CC(=O)O)C(=O)c1ccc(S(=O)(=O)N2CCCCC2)cc1. The first-order valence-electron chi connectivity index (χ1n) is 8.90. The molecule has 1 fully saturated rings. The van der Waals surface area contributed by atoms with Gasteiger partial charge in [0.05, 0.1) is 4.90 Å². The summed E-state index contributed by atoms with van der Waals surface area (Å²) in [4.78, 5) is 25.1. The van der Waals surface area contributed by atoms with E-state index in [4.69, 9.17) is 5.11 Å². The minimum absolute atomic E-state index is 0.157. The molecule has 1 amide bonds. The Bertz CT molecular complexity index is 739. The highest BCUT2D eigenvalue weighted by Crippen LogP contribution is 2.21. The number of aliphatic carboxylic acids is 1. The monoisotopic (exact) mass is 382 g/mol. The zero-order chi connectivity index (χ0) is 19.3. The van der Waals surface area contributed by atoms with Gasteiger partial charge in [0, 0.05) is 24.7 Å². The lowest BCUT2D eigenvalue weighted by Crippen LogP contribution is -2.41. The third kappa shape index (κ3) is 4.62. The van der Waals surface area contributed by atoms with Crippen LogP contribution in [0.15, 0.2) is 29.2 Å². The second kappa shape index (κ2) is 8.64. The first-order chi connectivity index (χ1) is 12.3. The molecule has 0 radical (unpaired) electrons. The van der Waals surface area contributed by atoms with E-state index in [0.717, 1.165) is 19.3 Å². The van der Waals surface area contributed by atoms with Crippen LogP contribution in [0.4, 0.5) is 0 Å². The van der Waals surface area contributed by atoms with Gasteiger partial charge in [-0.3, -0.25) is 9.59 Å². The van der Waals surface area contributed by atoms with Crippen LogP contribution in [0.25, 0.3) is 0 Å². The van der Waals surface area contributed by atoms with E-state index in [0.29, 0.717) is 19.5 Å². The van der Waals surface area contributed by atoms with Crippen LogP contribution in [-0.4, -0.2) is 60.3 Å². The van der Waals surface area contributed by atoms with E-state index < -0.39 is 21.9 Å². The minimum atomic E-state index is -3.55. The summed E-state index contributed by atoms with van der Waals surface area (Å²) in [5.41, 5.74) is 0.282. The van der Waals surface area contributed by atoms with Crippen LogP contribution in [0.5, 0.6) is 0 Å². The molecule has 1 aromatic carbocycles. The molecule has 1 aromatic rings. The van der Waals surface area contributed by atoms with Crippen molar-refractivity contribution >= 4 is 21.9 Å². The highest BCUT2D eigenvalue weighted by Gasteiger charge is 2.27. The number of sulfonamides is 1. The maximum absolute atomic E-state index is 12.7.